The lowest BCUT2D eigenvalue weighted by molar-refractivity contribution is -0.122. The second-order valence-corrected chi connectivity index (χ2v) is 5.94. The fraction of sp³-hybridized carbons (Fsp3) is 0.333. The van der Waals surface area contributed by atoms with Gasteiger partial charge in [-0.3, -0.25) is 4.79 Å². The molecular formula is C15H17N3OS. The first kappa shape index (κ1) is 13.1. The molecule has 1 aromatic carbocycles. The number of thiazole rings is 1. The summed E-state index contributed by atoms with van der Waals surface area (Å²) in [5.74, 6) is 0.0445. The molecule has 5 heteroatoms. The van der Waals surface area contributed by atoms with Crippen LogP contribution in [0.2, 0.25) is 0 Å². The molecule has 1 N–H and O–H groups in total. The van der Waals surface area contributed by atoms with Crippen LogP contribution in [-0.4, -0.2) is 24.5 Å². The minimum absolute atomic E-state index is 0.0534. The van der Waals surface area contributed by atoms with Gasteiger partial charge in [0.15, 0.2) is 0 Å². The Morgan fingerprint density at radius 2 is 2.35 bits per heavy atom. The van der Waals surface area contributed by atoms with Gasteiger partial charge in [-0.15, -0.1) is 11.3 Å². The first-order valence-electron chi connectivity index (χ1n) is 6.72. The lowest BCUT2D eigenvalue weighted by atomic mass is 9.89. The Hall–Kier alpha value is -1.88. The smallest absolute Gasteiger partial charge is 0.228 e. The van der Waals surface area contributed by atoms with E-state index < -0.39 is 0 Å². The standard InChI is InChI=1S/C15H17N3OS/c1-18-8-6-12(11-4-2-3-5-13(11)18)15(19)17-10-14-16-7-9-20-14/h2-5,7,9,12H,6,8,10H2,1H3,(H,17,19). The summed E-state index contributed by atoms with van der Waals surface area (Å²) >= 11 is 1.56. The Morgan fingerprint density at radius 1 is 1.50 bits per heavy atom. The number of para-hydroxylation sites is 1. The number of anilines is 1. The van der Waals surface area contributed by atoms with Gasteiger partial charge in [0.2, 0.25) is 5.91 Å². The van der Waals surface area contributed by atoms with Gasteiger partial charge in [0.1, 0.15) is 5.01 Å². The maximum Gasteiger partial charge on any atom is 0.228 e. The number of nitrogens with zero attached hydrogens (tertiary/aromatic N) is 2. The van der Waals surface area contributed by atoms with E-state index in [-0.39, 0.29) is 11.8 Å². The van der Waals surface area contributed by atoms with E-state index in [1.807, 2.05) is 17.5 Å². The molecular weight excluding hydrogens is 270 g/mol. The number of benzene rings is 1. The third-order valence-corrected chi connectivity index (χ3v) is 4.47. The number of carbonyl (C=O) groups is 1. The maximum absolute atomic E-state index is 12.4. The van der Waals surface area contributed by atoms with Crippen molar-refractivity contribution in [3.63, 3.8) is 0 Å². The van der Waals surface area contributed by atoms with E-state index in [1.54, 1.807) is 17.5 Å². The fourth-order valence-corrected chi connectivity index (χ4v) is 3.18. The SMILES string of the molecule is CN1CCC(C(=O)NCc2nccs2)c2ccccc21. The fourth-order valence-electron chi connectivity index (χ4n) is 2.63. The van der Waals surface area contributed by atoms with E-state index >= 15 is 0 Å². The average Bonchev–Trinajstić information content (AvgIpc) is 2.99. The minimum atomic E-state index is -0.0534. The molecule has 1 aromatic heterocycles. The largest absolute Gasteiger partial charge is 0.374 e. The van der Waals surface area contributed by atoms with Gasteiger partial charge in [-0.25, -0.2) is 4.98 Å². The van der Waals surface area contributed by atoms with Gasteiger partial charge in [0.25, 0.3) is 0 Å². The van der Waals surface area contributed by atoms with Gasteiger partial charge < -0.3 is 10.2 Å². The Morgan fingerprint density at radius 3 is 3.15 bits per heavy atom. The zero-order valence-electron chi connectivity index (χ0n) is 11.4. The molecule has 2 aromatic rings. The molecule has 1 aliphatic heterocycles. The third kappa shape index (κ3) is 2.54. The molecule has 0 radical (unpaired) electrons. The highest BCUT2D eigenvalue weighted by molar-refractivity contribution is 7.09. The summed E-state index contributed by atoms with van der Waals surface area (Å²) < 4.78 is 0. The third-order valence-electron chi connectivity index (χ3n) is 3.69. The van der Waals surface area contributed by atoms with Crippen LogP contribution in [0.1, 0.15) is 22.9 Å². The number of carbonyl (C=O) groups excluding carboxylic acids is 1. The molecule has 20 heavy (non-hydrogen) atoms. The predicted octanol–water partition coefficient (Wildman–Crippen LogP) is 2.38. The Kier molecular flexibility index (Phi) is 3.69. The molecule has 1 unspecified atom stereocenters. The van der Waals surface area contributed by atoms with Crippen molar-refractivity contribution in [2.45, 2.75) is 18.9 Å². The second-order valence-electron chi connectivity index (χ2n) is 4.97. The van der Waals surface area contributed by atoms with Gasteiger partial charge in [0, 0.05) is 30.9 Å². The van der Waals surface area contributed by atoms with E-state index in [4.69, 9.17) is 0 Å². The summed E-state index contributed by atoms with van der Waals surface area (Å²) in [6.07, 6.45) is 2.62. The van der Waals surface area contributed by atoms with Gasteiger partial charge in [-0.05, 0) is 18.1 Å². The van der Waals surface area contributed by atoms with Gasteiger partial charge >= 0.3 is 0 Å². The molecule has 0 fully saturated rings. The molecule has 0 spiro atoms. The van der Waals surface area contributed by atoms with E-state index in [2.05, 4.69) is 34.4 Å². The predicted molar refractivity (Wildman–Crippen MR) is 81.0 cm³/mol. The summed E-state index contributed by atoms with van der Waals surface area (Å²) in [7, 11) is 2.07. The number of nitrogens with one attached hydrogen (secondary N) is 1. The molecule has 0 saturated carbocycles. The van der Waals surface area contributed by atoms with Crippen molar-refractivity contribution in [3.8, 4) is 0 Å². The highest BCUT2D eigenvalue weighted by atomic mass is 32.1. The van der Waals surface area contributed by atoms with E-state index in [1.165, 1.54) is 0 Å². The molecule has 3 rings (SSSR count). The van der Waals surface area contributed by atoms with Crippen LogP contribution in [0.5, 0.6) is 0 Å². The lowest BCUT2D eigenvalue weighted by Crippen LogP contribution is -2.35. The topological polar surface area (TPSA) is 45.2 Å². The zero-order chi connectivity index (χ0) is 13.9. The minimum Gasteiger partial charge on any atom is -0.374 e. The van der Waals surface area contributed by atoms with Crippen LogP contribution in [0.25, 0.3) is 0 Å². The molecule has 1 aliphatic rings. The number of hydrogen-bond acceptors (Lipinski definition) is 4. The van der Waals surface area contributed by atoms with Crippen molar-refractivity contribution in [1.82, 2.24) is 10.3 Å². The first-order valence-corrected chi connectivity index (χ1v) is 7.60. The van der Waals surface area contributed by atoms with Crippen LogP contribution in [0.15, 0.2) is 35.8 Å². The first-order chi connectivity index (χ1) is 9.75. The van der Waals surface area contributed by atoms with Gasteiger partial charge in [0.05, 0.1) is 12.5 Å². The van der Waals surface area contributed by atoms with Gasteiger partial charge in [-0.2, -0.15) is 0 Å². The normalized spacial score (nSPS) is 17.6. The number of hydrogen-bond donors (Lipinski definition) is 1. The summed E-state index contributed by atoms with van der Waals surface area (Å²) in [5, 5.41) is 5.87. The van der Waals surface area contributed by atoms with Crippen molar-refractivity contribution in [2.24, 2.45) is 0 Å². The molecule has 1 atom stereocenters. The quantitative estimate of drug-likeness (QED) is 0.942. The lowest BCUT2D eigenvalue weighted by Gasteiger charge is -2.32. The van der Waals surface area contributed by atoms with Crippen molar-refractivity contribution < 1.29 is 4.79 Å². The Balaban J connectivity index is 1.74. The van der Waals surface area contributed by atoms with Crippen molar-refractivity contribution >= 4 is 22.9 Å². The molecule has 0 saturated heterocycles. The Bertz CT molecular complexity index is 597. The second kappa shape index (κ2) is 5.63. The van der Waals surface area contributed by atoms with E-state index in [0.29, 0.717) is 6.54 Å². The molecule has 0 aliphatic carbocycles. The van der Waals surface area contributed by atoms with Crippen LogP contribution in [0.4, 0.5) is 5.69 Å². The van der Waals surface area contributed by atoms with E-state index in [9.17, 15) is 4.79 Å². The Labute approximate surface area is 122 Å². The van der Waals surface area contributed by atoms with Crippen LogP contribution in [0, 0.1) is 0 Å². The molecule has 4 nitrogen and oxygen atoms in total. The van der Waals surface area contributed by atoms with Crippen molar-refractivity contribution in [2.75, 3.05) is 18.5 Å². The highest BCUT2D eigenvalue weighted by Crippen LogP contribution is 2.34. The molecule has 104 valence electrons. The van der Waals surface area contributed by atoms with E-state index in [0.717, 1.165) is 29.2 Å². The van der Waals surface area contributed by atoms with Crippen LogP contribution in [0.3, 0.4) is 0 Å². The highest BCUT2D eigenvalue weighted by Gasteiger charge is 2.28. The number of fused-ring (bicyclic) bond motifs is 1. The summed E-state index contributed by atoms with van der Waals surface area (Å²) in [5.41, 5.74) is 2.28. The number of aromatic nitrogens is 1. The number of rotatable bonds is 3. The zero-order valence-corrected chi connectivity index (χ0v) is 12.2. The summed E-state index contributed by atoms with van der Waals surface area (Å²) in [6, 6.07) is 8.15. The monoisotopic (exact) mass is 287 g/mol. The summed E-state index contributed by atoms with van der Waals surface area (Å²) in [6.45, 7) is 1.43. The van der Waals surface area contributed by atoms with Crippen LogP contribution >= 0.6 is 11.3 Å². The average molecular weight is 287 g/mol. The molecule has 2 heterocycles. The van der Waals surface area contributed by atoms with Crippen molar-refractivity contribution in [1.29, 1.82) is 0 Å². The summed E-state index contributed by atoms with van der Waals surface area (Å²) in [4.78, 5) is 18.8. The molecule has 0 bridgehead atoms. The van der Waals surface area contributed by atoms with Gasteiger partial charge in [-0.1, -0.05) is 18.2 Å². The van der Waals surface area contributed by atoms with Crippen LogP contribution in [-0.2, 0) is 11.3 Å². The number of amides is 1. The van der Waals surface area contributed by atoms with Crippen LogP contribution < -0.4 is 10.2 Å². The maximum atomic E-state index is 12.4. The van der Waals surface area contributed by atoms with Crippen molar-refractivity contribution in [3.05, 3.63) is 46.4 Å². The molecule has 1 amide bonds.